The summed E-state index contributed by atoms with van der Waals surface area (Å²) >= 11 is 0. The molecule has 104 valence electrons. The van der Waals surface area contributed by atoms with E-state index < -0.39 is 11.7 Å². The van der Waals surface area contributed by atoms with E-state index in [1.54, 1.807) is 6.07 Å². The first-order valence-electron chi connectivity index (χ1n) is 6.32. The first kappa shape index (κ1) is 13.9. The maximum absolute atomic E-state index is 12.7. The van der Waals surface area contributed by atoms with Crippen LogP contribution in [-0.4, -0.2) is 11.9 Å². The summed E-state index contributed by atoms with van der Waals surface area (Å²) in [6, 6.07) is 4.00. The van der Waals surface area contributed by atoms with Gasteiger partial charge in [0, 0.05) is 13.0 Å². The molecule has 1 N–H and O–H groups in total. The van der Waals surface area contributed by atoms with E-state index in [0.717, 1.165) is 23.6 Å². The van der Waals surface area contributed by atoms with Gasteiger partial charge in [0.1, 0.15) is 0 Å². The van der Waals surface area contributed by atoms with Crippen molar-refractivity contribution < 1.29 is 18.0 Å². The third-order valence-electron chi connectivity index (χ3n) is 3.47. The molecule has 1 aromatic rings. The number of rotatable bonds is 1. The topological polar surface area (TPSA) is 29.1 Å². The zero-order valence-corrected chi connectivity index (χ0v) is 10.7. The Bertz CT molecular complexity index is 482. The zero-order valence-electron chi connectivity index (χ0n) is 10.7. The maximum atomic E-state index is 12.7. The number of carbonyl (C=O) groups excluding carboxylic acids is 1. The van der Waals surface area contributed by atoms with Gasteiger partial charge in [-0.2, -0.15) is 13.2 Å². The first-order valence-corrected chi connectivity index (χ1v) is 6.32. The molecule has 0 spiro atoms. The minimum atomic E-state index is -4.29. The van der Waals surface area contributed by atoms with Crippen molar-refractivity contribution in [1.29, 1.82) is 0 Å². The lowest BCUT2D eigenvalue weighted by Gasteiger charge is -2.14. The summed E-state index contributed by atoms with van der Waals surface area (Å²) in [5.74, 6) is -0.0908. The Morgan fingerprint density at radius 1 is 1.21 bits per heavy atom. The van der Waals surface area contributed by atoms with Gasteiger partial charge in [-0.05, 0) is 48.9 Å². The summed E-state index contributed by atoms with van der Waals surface area (Å²) in [4.78, 5) is 11.0. The van der Waals surface area contributed by atoms with Gasteiger partial charge in [0.05, 0.1) is 5.56 Å². The summed E-state index contributed by atoms with van der Waals surface area (Å²) in [7, 11) is 0. The van der Waals surface area contributed by atoms with Gasteiger partial charge in [-0.3, -0.25) is 4.79 Å². The van der Waals surface area contributed by atoms with Crippen LogP contribution >= 0.6 is 0 Å². The highest BCUT2D eigenvalue weighted by atomic mass is 19.4. The van der Waals surface area contributed by atoms with Crippen molar-refractivity contribution in [3.05, 3.63) is 34.9 Å². The van der Waals surface area contributed by atoms with Crippen LogP contribution in [0.15, 0.2) is 18.2 Å². The van der Waals surface area contributed by atoms with Gasteiger partial charge in [-0.1, -0.05) is 6.07 Å². The number of alkyl halides is 3. The van der Waals surface area contributed by atoms with Crippen molar-refractivity contribution in [1.82, 2.24) is 5.32 Å². The summed E-state index contributed by atoms with van der Waals surface area (Å²) in [6.07, 6.45) is -1.55. The van der Waals surface area contributed by atoms with Gasteiger partial charge in [-0.15, -0.1) is 0 Å². The molecule has 5 heteroatoms. The molecule has 1 unspecified atom stereocenters. The molecule has 1 aliphatic rings. The van der Waals surface area contributed by atoms with E-state index in [0.29, 0.717) is 19.3 Å². The fraction of sp³-hybridized carbons (Fsp3) is 0.500. The molecular formula is C14H16F3NO. The highest BCUT2D eigenvalue weighted by molar-refractivity contribution is 5.73. The smallest absolute Gasteiger partial charge is 0.354 e. The average Bonchev–Trinajstić information content (AvgIpc) is 2.49. The molecule has 0 bridgehead atoms. The lowest BCUT2D eigenvalue weighted by Crippen LogP contribution is -2.33. The first-order chi connectivity index (χ1) is 8.86. The van der Waals surface area contributed by atoms with Crippen LogP contribution in [0.3, 0.4) is 0 Å². The Balaban J connectivity index is 2.16. The van der Waals surface area contributed by atoms with E-state index in [1.165, 1.54) is 13.0 Å². The average molecular weight is 271 g/mol. The second-order valence-electron chi connectivity index (χ2n) is 4.96. The molecule has 19 heavy (non-hydrogen) atoms. The second kappa shape index (κ2) is 5.23. The lowest BCUT2D eigenvalue weighted by molar-refractivity contribution is -0.137. The van der Waals surface area contributed by atoms with Crippen molar-refractivity contribution in [2.24, 2.45) is 0 Å². The van der Waals surface area contributed by atoms with Crippen LogP contribution in [0.2, 0.25) is 0 Å². The standard InChI is InChI=1S/C14H16F3NO/c1-9(19)18-13-6-3-10-2-5-12(14(15,16)17)8-11(10)4-7-13/h2,5,8,13H,3-4,6-7H2,1H3,(H,18,19). The van der Waals surface area contributed by atoms with Gasteiger partial charge < -0.3 is 5.32 Å². The van der Waals surface area contributed by atoms with Gasteiger partial charge in [0.25, 0.3) is 0 Å². The SMILES string of the molecule is CC(=O)NC1CCc2ccc(C(F)(F)F)cc2CC1. The molecule has 1 amide bonds. The van der Waals surface area contributed by atoms with E-state index in [4.69, 9.17) is 0 Å². The molecule has 0 aliphatic heterocycles. The molecule has 0 saturated heterocycles. The van der Waals surface area contributed by atoms with Crippen LogP contribution in [0.25, 0.3) is 0 Å². The van der Waals surface area contributed by atoms with Crippen LogP contribution in [0.5, 0.6) is 0 Å². The summed E-state index contributed by atoms with van der Waals surface area (Å²) in [6.45, 7) is 1.46. The van der Waals surface area contributed by atoms with Gasteiger partial charge in [0.2, 0.25) is 5.91 Å². The maximum Gasteiger partial charge on any atom is 0.416 e. The van der Waals surface area contributed by atoms with Gasteiger partial charge >= 0.3 is 6.18 Å². The Kier molecular flexibility index (Phi) is 3.83. The van der Waals surface area contributed by atoms with Crippen molar-refractivity contribution >= 4 is 5.91 Å². The number of benzene rings is 1. The molecule has 1 aromatic carbocycles. The van der Waals surface area contributed by atoms with Crippen molar-refractivity contribution in [2.45, 2.75) is 44.8 Å². The van der Waals surface area contributed by atoms with Crippen LogP contribution in [-0.2, 0) is 23.8 Å². The molecule has 0 aromatic heterocycles. The molecule has 0 radical (unpaired) electrons. The zero-order chi connectivity index (χ0) is 14.0. The monoisotopic (exact) mass is 271 g/mol. The highest BCUT2D eigenvalue weighted by Crippen LogP contribution is 2.32. The molecule has 0 fully saturated rings. The summed E-state index contributed by atoms with van der Waals surface area (Å²) in [5, 5.41) is 2.84. The number of halogens is 3. The van der Waals surface area contributed by atoms with Crippen molar-refractivity contribution in [3.8, 4) is 0 Å². The number of hydrogen-bond acceptors (Lipinski definition) is 1. The van der Waals surface area contributed by atoms with E-state index in [-0.39, 0.29) is 11.9 Å². The predicted octanol–water partition coefficient (Wildman–Crippen LogP) is 3.09. The molecular weight excluding hydrogens is 255 g/mol. The number of nitrogens with one attached hydrogen (secondary N) is 1. The fourth-order valence-corrected chi connectivity index (χ4v) is 2.51. The van der Waals surface area contributed by atoms with Crippen LogP contribution in [0.4, 0.5) is 13.2 Å². The second-order valence-corrected chi connectivity index (χ2v) is 4.96. The van der Waals surface area contributed by atoms with Gasteiger partial charge in [0.15, 0.2) is 0 Å². The molecule has 2 nitrogen and oxygen atoms in total. The third-order valence-corrected chi connectivity index (χ3v) is 3.47. The number of hydrogen-bond donors (Lipinski definition) is 1. The minimum absolute atomic E-state index is 0.0548. The quantitative estimate of drug-likeness (QED) is 0.781. The Hall–Kier alpha value is -1.52. The number of amides is 1. The third kappa shape index (κ3) is 3.49. The van der Waals surface area contributed by atoms with Crippen molar-refractivity contribution in [3.63, 3.8) is 0 Å². The van der Waals surface area contributed by atoms with Crippen molar-refractivity contribution in [2.75, 3.05) is 0 Å². The number of aryl methyl sites for hydroxylation is 2. The lowest BCUT2D eigenvalue weighted by atomic mass is 10.00. The van der Waals surface area contributed by atoms with E-state index in [2.05, 4.69) is 5.32 Å². The molecule has 0 saturated carbocycles. The number of fused-ring (bicyclic) bond motifs is 1. The normalized spacial score (nSPS) is 19.5. The molecule has 0 heterocycles. The molecule has 2 rings (SSSR count). The Morgan fingerprint density at radius 2 is 1.84 bits per heavy atom. The van der Waals surface area contributed by atoms with Crippen LogP contribution < -0.4 is 5.32 Å². The summed E-state index contributed by atoms with van der Waals surface area (Å²) < 4.78 is 38.0. The van der Waals surface area contributed by atoms with E-state index >= 15 is 0 Å². The minimum Gasteiger partial charge on any atom is -0.354 e. The van der Waals surface area contributed by atoms with Crippen LogP contribution in [0.1, 0.15) is 36.5 Å². The Morgan fingerprint density at radius 3 is 2.42 bits per heavy atom. The molecule has 1 atom stereocenters. The van der Waals surface area contributed by atoms with E-state index in [9.17, 15) is 18.0 Å². The number of carbonyl (C=O) groups is 1. The predicted molar refractivity (Wildman–Crippen MR) is 65.7 cm³/mol. The van der Waals surface area contributed by atoms with Crippen LogP contribution in [0, 0.1) is 0 Å². The largest absolute Gasteiger partial charge is 0.416 e. The van der Waals surface area contributed by atoms with Gasteiger partial charge in [-0.25, -0.2) is 0 Å². The Labute approximate surface area is 110 Å². The fourth-order valence-electron chi connectivity index (χ4n) is 2.51. The highest BCUT2D eigenvalue weighted by Gasteiger charge is 2.31. The molecule has 1 aliphatic carbocycles. The summed E-state index contributed by atoms with van der Waals surface area (Å²) in [5.41, 5.74) is 1.12. The van der Waals surface area contributed by atoms with E-state index in [1.807, 2.05) is 0 Å².